The van der Waals surface area contributed by atoms with Crippen molar-refractivity contribution in [3.63, 3.8) is 0 Å². The summed E-state index contributed by atoms with van der Waals surface area (Å²) in [5.74, 6) is 0. The standard InChI is InChI=1S/C36H75N5O2/c1-3-5-7-9-11-13-15-17-19-21-27-39(28-22-20-18-16-14-12-10-8-6-4-2)33-36(43)34-40-29-23-37-25-31-41(35-42)32-26-38-24-30-40/h35-38,43H,3-34H2,1-2H3. The monoisotopic (exact) mass is 610 g/mol. The van der Waals surface area contributed by atoms with E-state index < -0.39 is 0 Å². The number of hydrogen-bond donors (Lipinski definition) is 3. The summed E-state index contributed by atoms with van der Waals surface area (Å²) < 4.78 is 0. The van der Waals surface area contributed by atoms with E-state index in [0.29, 0.717) is 0 Å². The van der Waals surface area contributed by atoms with Crippen LogP contribution in [0.1, 0.15) is 142 Å². The minimum absolute atomic E-state index is 0.315. The van der Waals surface area contributed by atoms with Crippen molar-refractivity contribution >= 4 is 6.41 Å². The van der Waals surface area contributed by atoms with E-state index in [1.54, 1.807) is 0 Å². The molecule has 1 aliphatic rings. The zero-order chi connectivity index (χ0) is 31.1. The van der Waals surface area contributed by atoms with Crippen LogP contribution in [0.2, 0.25) is 0 Å². The van der Waals surface area contributed by atoms with Crippen LogP contribution < -0.4 is 10.6 Å². The topological polar surface area (TPSA) is 71.1 Å². The number of hydrogen-bond acceptors (Lipinski definition) is 6. The highest BCUT2D eigenvalue weighted by atomic mass is 16.3. The fourth-order valence-electron chi connectivity index (χ4n) is 6.28. The van der Waals surface area contributed by atoms with E-state index in [-0.39, 0.29) is 6.10 Å². The first-order chi connectivity index (χ1) is 21.2. The zero-order valence-electron chi connectivity index (χ0n) is 29.0. The van der Waals surface area contributed by atoms with E-state index in [4.69, 9.17) is 0 Å². The van der Waals surface area contributed by atoms with Gasteiger partial charge in [0.05, 0.1) is 6.10 Å². The molecule has 1 unspecified atom stereocenters. The Morgan fingerprint density at radius 1 is 0.605 bits per heavy atom. The molecule has 0 aliphatic carbocycles. The van der Waals surface area contributed by atoms with Gasteiger partial charge in [0.15, 0.2) is 0 Å². The smallest absolute Gasteiger partial charge is 0.209 e. The number of rotatable bonds is 27. The Morgan fingerprint density at radius 3 is 1.37 bits per heavy atom. The molecule has 43 heavy (non-hydrogen) atoms. The molecule has 3 N–H and O–H groups in total. The molecule has 1 atom stereocenters. The molecule has 1 saturated heterocycles. The Labute approximate surface area is 268 Å². The van der Waals surface area contributed by atoms with Gasteiger partial charge < -0.3 is 25.5 Å². The van der Waals surface area contributed by atoms with E-state index in [0.717, 1.165) is 84.9 Å². The molecule has 1 rings (SSSR count). The van der Waals surface area contributed by atoms with Gasteiger partial charge in [-0.2, -0.15) is 0 Å². The number of unbranched alkanes of at least 4 members (excludes halogenated alkanes) is 18. The maximum Gasteiger partial charge on any atom is 0.209 e. The lowest BCUT2D eigenvalue weighted by molar-refractivity contribution is -0.118. The normalized spacial score (nSPS) is 16.7. The van der Waals surface area contributed by atoms with Gasteiger partial charge in [0.25, 0.3) is 0 Å². The molecule has 0 radical (unpaired) electrons. The van der Waals surface area contributed by atoms with Crippen LogP contribution >= 0.6 is 0 Å². The SMILES string of the molecule is CCCCCCCCCCCCN(CCCCCCCCCCCC)CC(O)CN1CCNCCN(C=O)CCNCC1. The van der Waals surface area contributed by atoms with Gasteiger partial charge >= 0.3 is 0 Å². The summed E-state index contributed by atoms with van der Waals surface area (Å²) in [6.07, 6.45) is 28.1. The highest BCUT2D eigenvalue weighted by Crippen LogP contribution is 2.13. The Morgan fingerprint density at radius 2 is 0.977 bits per heavy atom. The second kappa shape index (κ2) is 31.3. The molecule has 1 fully saturated rings. The molecule has 1 amide bonds. The van der Waals surface area contributed by atoms with Crippen LogP contribution in [-0.4, -0.2) is 111 Å². The van der Waals surface area contributed by atoms with Gasteiger partial charge in [-0.15, -0.1) is 0 Å². The first-order valence-corrected chi connectivity index (χ1v) is 18.9. The van der Waals surface area contributed by atoms with Gasteiger partial charge in [-0.05, 0) is 25.9 Å². The molecule has 0 saturated carbocycles. The lowest BCUT2D eigenvalue weighted by atomic mass is 10.1. The third-order valence-electron chi connectivity index (χ3n) is 9.10. The molecule has 256 valence electrons. The van der Waals surface area contributed by atoms with Crippen molar-refractivity contribution in [2.24, 2.45) is 0 Å². The van der Waals surface area contributed by atoms with Gasteiger partial charge in [0, 0.05) is 65.4 Å². The number of carbonyl (C=O) groups is 1. The molecular formula is C36H75N5O2. The maximum absolute atomic E-state index is 11.2. The van der Waals surface area contributed by atoms with Gasteiger partial charge in [-0.3, -0.25) is 9.69 Å². The second-order valence-electron chi connectivity index (χ2n) is 13.3. The van der Waals surface area contributed by atoms with Crippen LogP contribution in [0.3, 0.4) is 0 Å². The first-order valence-electron chi connectivity index (χ1n) is 18.9. The minimum atomic E-state index is -0.315. The number of β-amino-alcohol motifs (C(OH)–C–C–N with tert-alkyl or cyclic N) is 1. The summed E-state index contributed by atoms with van der Waals surface area (Å²) in [7, 11) is 0. The van der Waals surface area contributed by atoms with Gasteiger partial charge in [0.1, 0.15) is 0 Å². The van der Waals surface area contributed by atoms with Crippen LogP contribution in [0.5, 0.6) is 0 Å². The number of aliphatic hydroxyl groups excluding tert-OH is 1. The molecule has 7 heteroatoms. The van der Waals surface area contributed by atoms with E-state index in [9.17, 15) is 9.90 Å². The summed E-state index contributed by atoms with van der Waals surface area (Å²) in [5.41, 5.74) is 0. The predicted molar refractivity (Wildman–Crippen MR) is 186 cm³/mol. The fraction of sp³-hybridized carbons (Fsp3) is 0.972. The highest BCUT2D eigenvalue weighted by molar-refractivity contribution is 5.46. The Hall–Kier alpha value is -0.730. The quantitative estimate of drug-likeness (QED) is 0.0735. The number of nitrogens with one attached hydrogen (secondary N) is 2. The van der Waals surface area contributed by atoms with Crippen molar-refractivity contribution < 1.29 is 9.90 Å². The maximum atomic E-state index is 11.2. The lowest BCUT2D eigenvalue weighted by Gasteiger charge is -2.30. The zero-order valence-corrected chi connectivity index (χ0v) is 29.0. The summed E-state index contributed by atoms with van der Waals surface area (Å²) in [4.78, 5) is 18.0. The van der Waals surface area contributed by atoms with E-state index >= 15 is 0 Å². The number of aliphatic hydroxyl groups is 1. The van der Waals surface area contributed by atoms with E-state index in [1.807, 2.05) is 4.90 Å². The Balaban J connectivity index is 2.39. The summed E-state index contributed by atoms with van der Waals surface area (Å²) in [5, 5.41) is 18.1. The molecule has 7 nitrogen and oxygen atoms in total. The van der Waals surface area contributed by atoms with Crippen LogP contribution in [0, 0.1) is 0 Å². The van der Waals surface area contributed by atoms with Crippen molar-refractivity contribution in [3.8, 4) is 0 Å². The third kappa shape index (κ3) is 26.2. The highest BCUT2D eigenvalue weighted by Gasteiger charge is 2.16. The average Bonchev–Trinajstić information content (AvgIpc) is 3.00. The number of carbonyl (C=O) groups excluding carboxylic acids is 1. The second-order valence-corrected chi connectivity index (χ2v) is 13.3. The van der Waals surface area contributed by atoms with Crippen molar-refractivity contribution in [1.29, 1.82) is 0 Å². The first kappa shape index (κ1) is 40.3. The Bertz CT molecular complexity index is 544. The number of nitrogens with zero attached hydrogens (tertiary/aromatic N) is 3. The summed E-state index contributed by atoms with van der Waals surface area (Å²) >= 11 is 0. The molecule has 1 heterocycles. The average molecular weight is 610 g/mol. The van der Waals surface area contributed by atoms with E-state index in [1.165, 1.54) is 128 Å². The molecule has 0 spiro atoms. The van der Waals surface area contributed by atoms with Crippen LogP contribution in [0.4, 0.5) is 0 Å². The summed E-state index contributed by atoms with van der Waals surface area (Å²) in [6, 6.07) is 0. The minimum Gasteiger partial charge on any atom is -0.390 e. The van der Waals surface area contributed by atoms with Crippen molar-refractivity contribution in [2.45, 2.75) is 148 Å². The van der Waals surface area contributed by atoms with Crippen molar-refractivity contribution in [1.82, 2.24) is 25.3 Å². The molecule has 0 aromatic rings. The van der Waals surface area contributed by atoms with Crippen LogP contribution in [0.15, 0.2) is 0 Å². The molecule has 0 bridgehead atoms. The molecule has 0 aromatic carbocycles. The predicted octanol–water partition coefficient (Wildman–Crippen LogP) is 6.44. The van der Waals surface area contributed by atoms with Gasteiger partial charge in [-0.25, -0.2) is 0 Å². The lowest BCUT2D eigenvalue weighted by Crippen LogP contribution is -2.46. The fourth-order valence-corrected chi connectivity index (χ4v) is 6.28. The molecule has 1 aliphatic heterocycles. The summed E-state index contributed by atoms with van der Waals surface area (Å²) in [6.45, 7) is 15.1. The van der Waals surface area contributed by atoms with Crippen LogP contribution in [0.25, 0.3) is 0 Å². The Kier molecular flexibility index (Phi) is 29.3. The van der Waals surface area contributed by atoms with Crippen molar-refractivity contribution in [3.05, 3.63) is 0 Å². The van der Waals surface area contributed by atoms with Gasteiger partial charge in [0.2, 0.25) is 6.41 Å². The van der Waals surface area contributed by atoms with Crippen LogP contribution in [-0.2, 0) is 4.79 Å². The molecular weight excluding hydrogens is 534 g/mol. The third-order valence-corrected chi connectivity index (χ3v) is 9.10. The largest absolute Gasteiger partial charge is 0.390 e. The number of amides is 1. The van der Waals surface area contributed by atoms with Crippen molar-refractivity contribution in [2.75, 3.05) is 78.5 Å². The molecule has 0 aromatic heterocycles. The van der Waals surface area contributed by atoms with Gasteiger partial charge in [-0.1, -0.05) is 129 Å². The van der Waals surface area contributed by atoms with E-state index in [2.05, 4.69) is 34.3 Å².